The summed E-state index contributed by atoms with van der Waals surface area (Å²) in [6, 6.07) is 1.88. The summed E-state index contributed by atoms with van der Waals surface area (Å²) in [5.74, 6) is -0.169. The van der Waals surface area contributed by atoms with Crippen molar-refractivity contribution >= 4 is 33.1 Å². The lowest BCUT2D eigenvalue weighted by Crippen LogP contribution is -2.24. The number of anilines is 1. The van der Waals surface area contributed by atoms with Crippen LogP contribution in [0.15, 0.2) is 12.3 Å². The van der Waals surface area contributed by atoms with E-state index in [1.165, 1.54) is 11.3 Å². The van der Waals surface area contributed by atoms with Crippen molar-refractivity contribution in [2.45, 2.75) is 19.8 Å². The molecule has 0 aromatic carbocycles. The van der Waals surface area contributed by atoms with Crippen molar-refractivity contribution in [3.05, 3.63) is 22.7 Å². The second kappa shape index (κ2) is 5.99. The molecule has 0 atom stereocenters. The maximum atomic E-state index is 12.0. The molecule has 0 saturated carbocycles. The molecule has 2 aromatic heterocycles. The van der Waals surface area contributed by atoms with E-state index in [1.807, 2.05) is 13.0 Å². The number of fused-ring (bicyclic) bond motifs is 1. The average molecular weight is 279 g/mol. The first-order valence-corrected chi connectivity index (χ1v) is 6.99. The van der Waals surface area contributed by atoms with Crippen LogP contribution in [0.4, 0.5) is 5.69 Å². The maximum Gasteiger partial charge on any atom is 0.263 e. The molecule has 19 heavy (non-hydrogen) atoms. The lowest BCUT2D eigenvalue weighted by molar-refractivity contribution is 0.0957. The number of amides is 1. The van der Waals surface area contributed by atoms with Gasteiger partial charge in [-0.25, -0.2) is 4.98 Å². The third-order valence-corrected chi connectivity index (χ3v) is 4.03. The van der Waals surface area contributed by atoms with E-state index in [4.69, 9.17) is 10.8 Å². The molecule has 0 saturated heterocycles. The number of hydrogen-bond acceptors (Lipinski definition) is 5. The molecule has 2 rings (SSSR count). The van der Waals surface area contributed by atoms with Crippen molar-refractivity contribution in [1.82, 2.24) is 10.3 Å². The molecule has 0 unspecified atom stereocenters. The number of aliphatic hydroxyl groups excluding tert-OH is 1. The zero-order valence-corrected chi connectivity index (χ0v) is 11.6. The molecule has 1 amide bonds. The van der Waals surface area contributed by atoms with Gasteiger partial charge < -0.3 is 16.2 Å². The van der Waals surface area contributed by atoms with Gasteiger partial charge in [-0.3, -0.25) is 4.79 Å². The minimum absolute atomic E-state index is 0.143. The van der Waals surface area contributed by atoms with Crippen LogP contribution in [0, 0.1) is 6.92 Å². The van der Waals surface area contributed by atoms with Gasteiger partial charge in [0.15, 0.2) is 0 Å². The van der Waals surface area contributed by atoms with Crippen molar-refractivity contribution in [2.24, 2.45) is 0 Å². The smallest absolute Gasteiger partial charge is 0.263 e. The molecule has 2 heterocycles. The number of nitrogen functional groups attached to an aromatic ring is 1. The van der Waals surface area contributed by atoms with Gasteiger partial charge in [0.25, 0.3) is 5.91 Å². The van der Waals surface area contributed by atoms with Crippen molar-refractivity contribution in [3.63, 3.8) is 0 Å². The van der Waals surface area contributed by atoms with Crippen molar-refractivity contribution in [1.29, 1.82) is 0 Å². The van der Waals surface area contributed by atoms with Gasteiger partial charge in [-0.15, -0.1) is 11.3 Å². The quantitative estimate of drug-likeness (QED) is 0.727. The summed E-state index contributed by atoms with van der Waals surface area (Å²) < 4.78 is 0. The molecule has 0 aliphatic rings. The van der Waals surface area contributed by atoms with Gasteiger partial charge in [0.1, 0.15) is 9.71 Å². The highest BCUT2D eigenvalue weighted by Gasteiger charge is 2.17. The van der Waals surface area contributed by atoms with E-state index in [2.05, 4.69) is 10.3 Å². The lowest BCUT2D eigenvalue weighted by atomic mass is 10.2. The predicted molar refractivity (Wildman–Crippen MR) is 77.4 cm³/mol. The number of carbonyl (C=O) groups is 1. The number of nitrogens with zero attached hydrogens (tertiary/aromatic N) is 1. The molecule has 0 fully saturated rings. The first kappa shape index (κ1) is 13.8. The summed E-state index contributed by atoms with van der Waals surface area (Å²) in [5, 5.41) is 12.4. The first-order chi connectivity index (χ1) is 9.15. The van der Waals surface area contributed by atoms with Gasteiger partial charge in [-0.05, 0) is 31.4 Å². The summed E-state index contributed by atoms with van der Waals surface area (Å²) in [5.41, 5.74) is 7.57. The molecule has 0 radical (unpaired) electrons. The summed E-state index contributed by atoms with van der Waals surface area (Å²) in [6.45, 7) is 2.64. The van der Waals surface area contributed by atoms with Gasteiger partial charge in [0.05, 0.1) is 5.69 Å². The Morgan fingerprint density at radius 3 is 3.00 bits per heavy atom. The number of rotatable bonds is 5. The number of carbonyl (C=O) groups excluding carboxylic acids is 1. The summed E-state index contributed by atoms with van der Waals surface area (Å²) >= 11 is 1.31. The fourth-order valence-electron chi connectivity index (χ4n) is 1.89. The van der Waals surface area contributed by atoms with Crippen molar-refractivity contribution in [2.75, 3.05) is 18.9 Å². The summed E-state index contributed by atoms with van der Waals surface area (Å²) in [4.78, 5) is 17.6. The van der Waals surface area contributed by atoms with Crippen molar-refractivity contribution < 1.29 is 9.90 Å². The molecule has 6 heteroatoms. The maximum absolute atomic E-state index is 12.0. The minimum Gasteiger partial charge on any atom is -0.397 e. The number of aryl methyl sites for hydroxylation is 1. The van der Waals surface area contributed by atoms with Gasteiger partial charge in [0, 0.05) is 24.7 Å². The Kier molecular flexibility index (Phi) is 4.34. The Morgan fingerprint density at radius 1 is 1.53 bits per heavy atom. The van der Waals surface area contributed by atoms with E-state index < -0.39 is 0 Å². The average Bonchev–Trinajstić information content (AvgIpc) is 2.73. The van der Waals surface area contributed by atoms with E-state index in [-0.39, 0.29) is 12.5 Å². The first-order valence-electron chi connectivity index (χ1n) is 6.17. The monoisotopic (exact) mass is 279 g/mol. The van der Waals surface area contributed by atoms with E-state index in [0.717, 1.165) is 22.2 Å². The Labute approximate surface area is 115 Å². The van der Waals surface area contributed by atoms with E-state index >= 15 is 0 Å². The van der Waals surface area contributed by atoms with E-state index in [0.29, 0.717) is 23.5 Å². The molecular weight excluding hydrogens is 262 g/mol. The molecule has 0 aliphatic heterocycles. The van der Waals surface area contributed by atoms with Gasteiger partial charge in [-0.2, -0.15) is 0 Å². The van der Waals surface area contributed by atoms with Gasteiger partial charge in [0.2, 0.25) is 0 Å². The Balaban J connectivity index is 2.18. The Bertz CT molecular complexity index is 595. The number of aromatic nitrogens is 1. The summed E-state index contributed by atoms with van der Waals surface area (Å²) in [7, 11) is 0. The number of thiophene rings is 1. The molecule has 102 valence electrons. The fraction of sp³-hybridized carbons (Fsp3) is 0.385. The van der Waals surface area contributed by atoms with Gasteiger partial charge in [-0.1, -0.05) is 0 Å². The van der Waals surface area contributed by atoms with Crippen LogP contribution < -0.4 is 11.1 Å². The summed E-state index contributed by atoms with van der Waals surface area (Å²) in [6.07, 6.45) is 3.16. The van der Waals surface area contributed by atoms with E-state index in [1.54, 1.807) is 6.20 Å². The van der Waals surface area contributed by atoms with E-state index in [9.17, 15) is 4.79 Å². The highest BCUT2D eigenvalue weighted by Crippen LogP contribution is 2.34. The zero-order valence-electron chi connectivity index (χ0n) is 10.8. The molecular formula is C13H17N3O2S. The number of aliphatic hydroxyl groups is 1. The van der Waals surface area contributed by atoms with Crippen LogP contribution in [0.2, 0.25) is 0 Å². The lowest BCUT2D eigenvalue weighted by Gasteiger charge is -2.03. The minimum atomic E-state index is -0.169. The third kappa shape index (κ3) is 2.85. The molecule has 0 aliphatic carbocycles. The second-order valence-corrected chi connectivity index (χ2v) is 5.34. The zero-order chi connectivity index (χ0) is 13.8. The van der Waals surface area contributed by atoms with Crippen LogP contribution in [0.1, 0.15) is 28.1 Å². The Morgan fingerprint density at radius 2 is 2.32 bits per heavy atom. The fourth-order valence-corrected chi connectivity index (χ4v) is 2.95. The highest BCUT2D eigenvalue weighted by molar-refractivity contribution is 7.21. The normalized spacial score (nSPS) is 10.8. The third-order valence-electron chi connectivity index (χ3n) is 2.91. The molecule has 4 N–H and O–H groups in total. The topological polar surface area (TPSA) is 88.2 Å². The highest BCUT2D eigenvalue weighted by atomic mass is 32.1. The molecule has 0 bridgehead atoms. The number of nitrogens with one attached hydrogen (secondary N) is 1. The predicted octanol–water partition coefficient (Wildman–Crippen LogP) is 1.69. The van der Waals surface area contributed by atoms with Crippen LogP contribution in [0.5, 0.6) is 0 Å². The number of unbranched alkanes of at least 4 members (excludes halogenated alkanes) is 1. The molecule has 0 spiro atoms. The van der Waals surface area contributed by atoms with Crippen LogP contribution in [-0.2, 0) is 0 Å². The van der Waals surface area contributed by atoms with Crippen LogP contribution >= 0.6 is 11.3 Å². The van der Waals surface area contributed by atoms with Crippen LogP contribution in [0.3, 0.4) is 0 Å². The number of pyridine rings is 1. The largest absolute Gasteiger partial charge is 0.397 e. The van der Waals surface area contributed by atoms with Crippen molar-refractivity contribution in [3.8, 4) is 0 Å². The van der Waals surface area contributed by atoms with Crippen LogP contribution in [-0.4, -0.2) is 29.1 Å². The van der Waals surface area contributed by atoms with Crippen LogP contribution in [0.25, 0.3) is 10.2 Å². The SMILES string of the molecule is Cc1ccnc2sc(C(=O)NCCCCO)c(N)c12. The Hall–Kier alpha value is -1.66. The molecule has 2 aromatic rings. The molecule has 5 nitrogen and oxygen atoms in total. The standard InChI is InChI=1S/C13H17N3O2S/c1-8-4-6-16-13-9(8)10(14)11(19-13)12(18)15-5-2-3-7-17/h4,6,17H,2-3,5,7,14H2,1H3,(H,15,18). The number of nitrogens with two attached hydrogens (primary N) is 1. The number of hydrogen-bond donors (Lipinski definition) is 3. The van der Waals surface area contributed by atoms with Gasteiger partial charge >= 0.3 is 0 Å². The second-order valence-electron chi connectivity index (χ2n) is 4.34.